The molecule has 0 aliphatic rings. The third-order valence-corrected chi connectivity index (χ3v) is 5.71. The third kappa shape index (κ3) is 12.4. The first-order valence-corrected chi connectivity index (χ1v) is 13.2. The second kappa shape index (κ2) is 18.3. The maximum absolute atomic E-state index is 13.5. The van der Waals surface area contributed by atoms with Gasteiger partial charge < -0.3 is 26.3 Å². The normalized spacial score (nSPS) is 11.2. The molecule has 6 N–H and O–H groups in total. The summed E-state index contributed by atoms with van der Waals surface area (Å²) in [5.74, 6) is -1.19. The molecule has 0 spiro atoms. The lowest BCUT2D eigenvalue weighted by Gasteiger charge is -2.26. The maximum atomic E-state index is 13.5. The van der Waals surface area contributed by atoms with Crippen molar-refractivity contribution in [2.45, 2.75) is 64.2 Å². The zero-order chi connectivity index (χ0) is 28.3. The van der Waals surface area contributed by atoms with Crippen LogP contribution in [-0.2, 0) is 32.3 Å². The van der Waals surface area contributed by atoms with E-state index in [4.69, 9.17) is 20.9 Å². The van der Waals surface area contributed by atoms with Crippen LogP contribution in [-0.4, -0.2) is 48.1 Å². The molecule has 0 heterocycles. The fourth-order valence-electron chi connectivity index (χ4n) is 3.60. The van der Waals surface area contributed by atoms with Crippen LogP contribution in [0.3, 0.4) is 0 Å². The lowest BCUT2D eigenvalue weighted by atomic mass is 10.1. The molecule has 11 heteroatoms. The minimum absolute atomic E-state index is 0.0762. The van der Waals surface area contributed by atoms with Crippen LogP contribution in [0.5, 0.6) is 0 Å². The minimum Gasteiger partial charge on any atom is -0.443 e. The van der Waals surface area contributed by atoms with Gasteiger partial charge in [0, 0.05) is 6.42 Å². The summed E-state index contributed by atoms with van der Waals surface area (Å²) in [6.45, 7) is 0.734. The fraction of sp³-hybridized carbons (Fsp3) is 0.429. The van der Waals surface area contributed by atoms with Crippen LogP contribution in [0.2, 0.25) is 0 Å². The van der Waals surface area contributed by atoms with E-state index in [1.165, 1.54) is 0 Å². The van der Waals surface area contributed by atoms with Gasteiger partial charge in [0.2, 0.25) is 5.91 Å². The van der Waals surface area contributed by atoms with Gasteiger partial charge in [-0.25, -0.2) is 15.0 Å². The van der Waals surface area contributed by atoms with Gasteiger partial charge in [0.05, 0.1) is 0 Å². The van der Waals surface area contributed by atoms with Crippen molar-refractivity contribution in [2.24, 2.45) is 11.5 Å². The van der Waals surface area contributed by atoms with E-state index < -0.39 is 24.1 Å². The molecule has 0 aliphatic carbocycles. The average Bonchev–Trinajstić information content (AvgIpc) is 2.96. The topological polar surface area (TPSA) is 166 Å². The number of nitrogens with zero attached hydrogens (tertiary/aromatic N) is 1. The summed E-state index contributed by atoms with van der Waals surface area (Å²) in [6.07, 6.45) is 1.59. The van der Waals surface area contributed by atoms with Crippen molar-refractivity contribution >= 4 is 24.0 Å². The van der Waals surface area contributed by atoms with Crippen LogP contribution < -0.4 is 22.2 Å². The number of carbonyl (C=O) groups excluding carboxylic acids is 4. The first-order valence-electron chi connectivity index (χ1n) is 13.2. The summed E-state index contributed by atoms with van der Waals surface area (Å²) in [5.41, 5.74) is 14.7. The fourth-order valence-corrected chi connectivity index (χ4v) is 3.60. The molecule has 0 aromatic heterocycles. The smallest absolute Gasteiger partial charge is 0.436 e. The molecule has 0 fully saturated rings. The van der Waals surface area contributed by atoms with Crippen LogP contribution in [0.25, 0.3) is 0 Å². The van der Waals surface area contributed by atoms with E-state index in [-0.39, 0.29) is 32.0 Å². The molecule has 0 aliphatic heterocycles. The van der Waals surface area contributed by atoms with Gasteiger partial charge >= 0.3 is 12.2 Å². The zero-order valence-corrected chi connectivity index (χ0v) is 22.2. The Kier molecular flexibility index (Phi) is 14.7. The Morgan fingerprint density at radius 3 is 1.90 bits per heavy atom. The molecule has 0 radical (unpaired) electrons. The molecule has 0 saturated carbocycles. The monoisotopic (exact) mass is 541 g/mol. The Bertz CT molecular complexity index is 1020. The number of nitrogens with two attached hydrogens (primary N) is 2. The number of benzene rings is 2. The molecule has 2 aromatic carbocycles. The summed E-state index contributed by atoms with van der Waals surface area (Å²) in [7, 11) is 0. The molecule has 0 unspecified atom stereocenters. The SMILES string of the molecule is NCCCCCC(=O)N[C@@H](CCCCN)C(=O)N(NC(=O)OCc1ccccc1)C(=O)OCc1ccccc1. The van der Waals surface area contributed by atoms with E-state index >= 15 is 0 Å². The molecule has 4 amide bonds. The first kappa shape index (κ1) is 31.3. The molecule has 39 heavy (non-hydrogen) atoms. The quantitative estimate of drug-likeness (QED) is 0.197. The number of hydrogen-bond acceptors (Lipinski definition) is 8. The molecule has 1 atom stereocenters. The summed E-state index contributed by atoms with van der Waals surface area (Å²) < 4.78 is 10.5. The van der Waals surface area contributed by atoms with Gasteiger partial charge in [0.25, 0.3) is 5.91 Å². The van der Waals surface area contributed by atoms with E-state index in [0.717, 1.165) is 18.4 Å². The number of hydrazine groups is 1. The lowest BCUT2D eigenvalue weighted by molar-refractivity contribution is -0.137. The molecular formula is C28H39N5O6. The second-order valence-electron chi connectivity index (χ2n) is 8.89. The summed E-state index contributed by atoms with van der Waals surface area (Å²) in [6, 6.07) is 16.7. The number of ether oxygens (including phenoxy) is 2. The molecule has 212 valence electrons. The van der Waals surface area contributed by atoms with Gasteiger partial charge in [0.1, 0.15) is 19.3 Å². The van der Waals surface area contributed by atoms with E-state index in [1.54, 1.807) is 48.5 Å². The highest BCUT2D eigenvalue weighted by molar-refractivity contribution is 5.98. The molecular weight excluding hydrogens is 502 g/mol. The van der Waals surface area contributed by atoms with Crippen LogP contribution in [0.4, 0.5) is 9.59 Å². The molecule has 0 bridgehead atoms. The summed E-state index contributed by atoms with van der Waals surface area (Å²) >= 11 is 0. The van der Waals surface area contributed by atoms with E-state index in [1.807, 2.05) is 12.1 Å². The number of amides is 4. The van der Waals surface area contributed by atoms with Gasteiger partial charge in [0.15, 0.2) is 0 Å². The summed E-state index contributed by atoms with van der Waals surface area (Å²) in [5, 5.41) is 3.15. The number of imide groups is 1. The minimum atomic E-state index is -1.11. The number of nitrogens with one attached hydrogen (secondary N) is 2. The Labute approximate surface area is 229 Å². The highest BCUT2D eigenvalue weighted by Gasteiger charge is 2.33. The molecule has 2 rings (SSSR count). The van der Waals surface area contributed by atoms with E-state index in [9.17, 15) is 19.2 Å². The predicted molar refractivity (Wildman–Crippen MR) is 146 cm³/mol. The number of unbranched alkanes of at least 4 members (excludes halogenated alkanes) is 3. The first-order chi connectivity index (χ1) is 18.9. The molecule has 2 aromatic rings. The number of hydrogen-bond donors (Lipinski definition) is 4. The maximum Gasteiger partial charge on any atom is 0.436 e. The van der Waals surface area contributed by atoms with Crippen molar-refractivity contribution in [3.63, 3.8) is 0 Å². The van der Waals surface area contributed by atoms with Crippen molar-refractivity contribution in [2.75, 3.05) is 13.1 Å². The Hall–Kier alpha value is -3.96. The third-order valence-electron chi connectivity index (χ3n) is 5.71. The van der Waals surface area contributed by atoms with Crippen molar-refractivity contribution in [3.05, 3.63) is 71.8 Å². The van der Waals surface area contributed by atoms with Gasteiger partial charge in [-0.3, -0.25) is 9.59 Å². The van der Waals surface area contributed by atoms with Crippen molar-refractivity contribution in [3.8, 4) is 0 Å². The Balaban J connectivity index is 2.13. The lowest BCUT2D eigenvalue weighted by Crippen LogP contribution is -2.57. The standard InChI is InChI=1S/C28H39N5O6/c29-18-10-3-8-17-25(34)31-24(16-9-11-19-30)26(35)33(28(37)39-21-23-14-6-2-7-15-23)32-27(36)38-20-22-12-4-1-5-13-22/h1-2,4-7,12-15,24H,3,8-11,16-21,29-30H2,(H,31,34)(H,32,36)/t24-/m0/s1. The van der Waals surface area contributed by atoms with Crippen LogP contribution in [0.1, 0.15) is 56.1 Å². The summed E-state index contributed by atoms with van der Waals surface area (Å²) in [4.78, 5) is 51.6. The number of carbonyl (C=O) groups is 4. The Morgan fingerprint density at radius 2 is 1.31 bits per heavy atom. The van der Waals surface area contributed by atoms with E-state index in [2.05, 4.69) is 10.7 Å². The highest BCUT2D eigenvalue weighted by atomic mass is 16.6. The largest absolute Gasteiger partial charge is 0.443 e. The van der Waals surface area contributed by atoms with Gasteiger partial charge in [-0.2, -0.15) is 0 Å². The van der Waals surface area contributed by atoms with Crippen molar-refractivity contribution in [1.29, 1.82) is 0 Å². The highest BCUT2D eigenvalue weighted by Crippen LogP contribution is 2.10. The van der Waals surface area contributed by atoms with Gasteiger partial charge in [-0.15, -0.1) is 5.01 Å². The van der Waals surface area contributed by atoms with Crippen LogP contribution in [0, 0.1) is 0 Å². The second-order valence-corrected chi connectivity index (χ2v) is 8.89. The van der Waals surface area contributed by atoms with Gasteiger partial charge in [-0.1, -0.05) is 67.1 Å². The van der Waals surface area contributed by atoms with E-state index in [0.29, 0.717) is 42.9 Å². The number of rotatable bonds is 15. The Morgan fingerprint density at radius 1 is 0.744 bits per heavy atom. The molecule has 0 saturated heterocycles. The van der Waals surface area contributed by atoms with Crippen molar-refractivity contribution in [1.82, 2.24) is 15.8 Å². The van der Waals surface area contributed by atoms with Gasteiger partial charge in [-0.05, 0) is 56.3 Å². The van der Waals surface area contributed by atoms with Crippen LogP contribution in [0.15, 0.2) is 60.7 Å². The van der Waals surface area contributed by atoms with Crippen molar-refractivity contribution < 1.29 is 28.7 Å². The van der Waals surface area contributed by atoms with Crippen LogP contribution >= 0.6 is 0 Å². The molecule has 11 nitrogen and oxygen atoms in total. The zero-order valence-electron chi connectivity index (χ0n) is 22.2. The average molecular weight is 542 g/mol. The predicted octanol–water partition coefficient (Wildman–Crippen LogP) is 3.13.